The van der Waals surface area contributed by atoms with Crippen molar-refractivity contribution < 1.29 is 41.4 Å². The van der Waals surface area contributed by atoms with Crippen molar-refractivity contribution in [1.29, 1.82) is 0 Å². The van der Waals surface area contributed by atoms with Crippen molar-refractivity contribution >= 4 is 45.4 Å². The minimum Gasteiger partial charge on any atom is -0.463 e. The topological polar surface area (TPSA) is 128 Å². The second-order valence-electron chi connectivity index (χ2n) is 7.88. The van der Waals surface area contributed by atoms with Crippen LogP contribution in [0.15, 0.2) is 29.8 Å². The maximum atomic E-state index is 13.7. The molecule has 10 nitrogen and oxygen atoms in total. The lowest BCUT2D eigenvalue weighted by molar-refractivity contribution is -0.142. The third-order valence-corrected chi connectivity index (χ3v) is 7.99. The zero-order chi connectivity index (χ0) is 25.6. The van der Waals surface area contributed by atoms with E-state index < -0.39 is 52.0 Å². The molecule has 0 aromatic heterocycles. The number of ether oxygens (including phenoxy) is 3. The van der Waals surface area contributed by atoms with Crippen LogP contribution >= 0.6 is 11.6 Å². The average Bonchev–Trinajstić information content (AvgIpc) is 3.36. The first-order valence-corrected chi connectivity index (χ1v) is 13.0. The Bertz CT molecular complexity index is 1100. The Morgan fingerprint density at radius 2 is 1.97 bits per heavy atom. The van der Waals surface area contributed by atoms with E-state index in [1.165, 1.54) is 6.08 Å². The van der Waals surface area contributed by atoms with Crippen LogP contribution in [0.1, 0.15) is 39.0 Å². The van der Waals surface area contributed by atoms with Crippen LogP contribution in [0.5, 0.6) is 0 Å². The maximum Gasteiger partial charge on any atom is 0.517 e. The smallest absolute Gasteiger partial charge is 0.463 e. The molecule has 192 valence electrons. The van der Waals surface area contributed by atoms with Gasteiger partial charge in [0.15, 0.2) is 6.73 Å². The molecular formula is C22H26ClFN2O8S. The maximum absolute atomic E-state index is 13.7. The van der Waals surface area contributed by atoms with Gasteiger partial charge >= 0.3 is 18.1 Å². The number of anilines is 1. The second-order valence-corrected chi connectivity index (χ2v) is 10.3. The van der Waals surface area contributed by atoms with Gasteiger partial charge in [0.05, 0.1) is 22.9 Å². The molecular weight excluding hydrogens is 507 g/mol. The largest absolute Gasteiger partial charge is 0.517 e. The molecule has 1 aliphatic carbocycles. The lowest BCUT2D eigenvalue weighted by Crippen LogP contribution is -2.44. The number of hydrogen-bond acceptors (Lipinski definition) is 9. The summed E-state index contributed by atoms with van der Waals surface area (Å²) in [5, 5.41) is 1.28. The van der Waals surface area contributed by atoms with Gasteiger partial charge in [-0.1, -0.05) is 17.7 Å². The van der Waals surface area contributed by atoms with Gasteiger partial charge in [-0.3, -0.25) is 0 Å². The fraction of sp³-hybridized carbons (Fsp3) is 0.500. The highest BCUT2D eigenvalue weighted by atomic mass is 35.5. The van der Waals surface area contributed by atoms with Crippen LogP contribution in [0, 0.1) is 5.82 Å². The van der Waals surface area contributed by atoms with Crippen LogP contribution in [-0.2, 0) is 33.8 Å². The monoisotopic (exact) mass is 532 g/mol. The van der Waals surface area contributed by atoms with Gasteiger partial charge in [-0.25, -0.2) is 31.5 Å². The molecule has 3 rings (SSSR count). The van der Waals surface area contributed by atoms with Crippen molar-refractivity contribution in [3.05, 3.63) is 40.7 Å². The van der Waals surface area contributed by atoms with E-state index in [0.717, 1.165) is 24.6 Å². The number of carbonyl (C=O) groups excluding carboxylic acids is 3. The van der Waals surface area contributed by atoms with Gasteiger partial charge in [0.1, 0.15) is 17.1 Å². The molecule has 0 amide bonds. The lowest BCUT2D eigenvalue weighted by atomic mass is 9.99. The Kier molecular flexibility index (Phi) is 9.09. The zero-order valence-corrected chi connectivity index (χ0v) is 20.6. The lowest BCUT2D eigenvalue weighted by Gasteiger charge is -2.31. The van der Waals surface area contributed by atoms with Gasteiger partial charge in [0.25, 0.3) is 0 Å². The number of esters is 2. The molecule has 0 radical (unpaired) electrons. The van der Waals surface area contributed by atoms with Crippen molar-refractivity contribution in [2.75, 3.05) is 24.2 Å². The summed E-state index contributed by atoms with van der Waals surface area (Å²) in [6, 6.07) is 2.33. The fourth-order valence-corrected chi connectivity index (χ4v) is 6.12. The van der Waals surface area contributed by atoms with E-state index in [2.05, 4.69) is 10.1 Å². The molecule has 0 spiro atoms. The van der Waals surface area contributed by atoms with Crippen molar-refractivity contribution in [2.24, 2.45) is 0 Å². The predicted octanol–water partition coefficient (Wildman–Crippen LogP) is 3.05. The molecule has 35 heavy (non-hydrogen) atoms. The highest BCUT2D eigenvalue weighted by Gasteiger charge is 2.40. The van der Waals surface area contributed by atoms with Crippen LogP contribution in [0.25, 0.3) is 0 Å². The summed E-state index contributed by atoms with van der Waals surface area (Å²) in [5.74, 6) is -2.33. The molecule has 1 saturated heterocycles. The highest BCUT2D eigenvalue weighted by molar-refractivity contribution is 7.93. The second kappa shape index (κ2) is 11.8. The standard InChI is InChI=1S/C22H26ClFN2O8S/c1-2-32-20(27)15-6-3-4-8-19(15)35(30,31)26(18-10-9-14(24)12-16(18)23)13-33-22(29)34-21(28)17-7-5-11-25-17/h6,9-10,12,17,19,25H,2-5,7-8,11,13H2,1H3/t17-,19?/m1/s1. The summed E-state index contributed by atoms with van der Waals surface area (Å²) in [6.45, 7) is 1.32. The number of halogens is 2. The summed E-state index contributed by atoms with van der Waals surface area (Å²) in [7, 11) is -4.44. The first-order chi connectivity index (χ1) is 16.6. The number of carbonyl (C=O) groups is 3. The number of rotatable bonds is 8. The Hall–Kier alpha value is -2.70. The zero-order valence-electron chi connectivity index (χ0n) is 19.0. The van der Waals surface area contributed by atoms with Gasteiger partial charge in [0.2, 0.25) is 10.0 Å². The Morgan fingerprint density at radius 3 is 2.63 bits per heavy atom. The normalized spacial score (nSPS) is 20.0. The van der Waals surface area contributed by atoms with Crippen LogP contribution < -0.4 is 9.62 Å². The van der Waals surface area contributed by atoms with E-state index in [1.54, 1.807) is 6.92 Å². The molecule has 1 aromatic carbocycles. The van der Waals surface area contributed by atoms with Crippen molar-refractivity contribution in [2.45, 2.75) is 50.3 Å². The number of nitrogens with zero attached hydrogens (tertiary/aromatic N) is 1. The molecule has 1 aliphatic heterocycles. The number of allylic oxidation sites excluding steroid dienone is 1. The highest BCUT2D eigenvalue weighted by Crippen LogP contribution is 2.34. The quantitative estimate of drug-likeness (QED) is 0.305. The van der Waals surface area contributed by atoms with Gasteiger partial charge in [0, 0.05) is 0 Å². The summed E-state index contributed by atoms with van der Waals surface area (Å²) < 4.78 is 56.3. The number of benzene rings is 1. The molecule has 1 heterocycles. The van der Waals surface area contributed by atoms with Crippen molar-refractivity contribution in [3.63, 3.8) is 0 Å². The molecule has 0 saturated carbocycles. The fourth-order valence-electron chi connectivity index (χ4n) is 3.88. The number of sulfonamides is 1. The van der Waals surface area contributed by atoms with Crippen LogP contribution in [0.3, 0.4) is 0 Å². The number of nitrogens with one attached hydrogen (secondary N) is 1. The molecule has 1 aromatic rings. The van der Waals surface area contributed by atoms with E-state index in [1.807, 2.05) is 0 Å². The Morgan fingerprint density at radius 1 is 1.20 bits per heavy atom. The van der Waals surface area contributed by atoms with E-state index >= 15 is 0 Å². The molecule has 1 fully saturated rings. The van der Waals surface area contributed by atoms with E-state index in [0.29, 0.717) is 30.1 Å². The first-order valence-electron chi connectivity index (χ1n) is 11.1. The third-order valence-electron chi connectivity index (χ3n) is 5.57. The van der Waals surface area contributed by atoms with E-state index in [-0.39, 0.29) is 29.3 Å². The van der Waals surface area contributed by atoms with Crippen LogP contribution in [0.2, 0.25) is 5.02 Å². The molecule has 13 heteroatoms. The summed E-state index contributed by atoms with van der Waals surface area (Å²) in [4.78, 5) is 36.6. The Balaban J connectivity index is 1.87. The van der Waals surface area contributed by atoms with Gasteiger partial charge < -0.3 is 19.5 Å². The average molecular weight is 533 g/mol. The summed E-state index contributed by atoms with van der Waals surface area (Å²) in [6.07, 6.45) is 2.37. The number of hydrogen-bond donors (Lipinski definition) is 1. The van der Waals surface area contributed by atoms with Crippen molar-refractivity contribution in [3.8, 4) is 0 Å². The minimum absolute atomic E-state index is 0.0496. The summed E-state index contributed by atoms with van der Waals surface area (Å²) >= 11 is 6.12. The van der Waals surface area contributed by atoms with Crippen molar-refractivity contribution in [1.82, 2.24) is 5.32 Å². The molecule has 0 bridgehead atoms. The van der Waals surface area contributed by atoms with Crippen LogP contribution in [0.4, 0.5) is 14.9 Å². The van der Waals surface area contributed by atoms with E-state index in [9.17, 15) is 27.2 Å². The predicted molar refractivity (Wildman–Crippen MR) is 124 cm³/mol. The molecule has 1 unspecified atom stereocenters. The van der Waals surface area contributed by atoms with Gasteiger partial charge in [-0.2, -0.15) is 0 Å². The molecule has 1 N–H and O–H groups in total. The molecule has 2 aliphatic rings. The SMILES string of the molecule is CCOC(=O)C1=CCCCC1S(=O)(=O)N(COC(=O)OC(=O)[C@H]1CCCN1)c1ccc(F)cc1Cl. The summed E-state index contributed by atoms with van der Waals surface area (Å²) in [5.41, 5.74) is -0.232. The third kappa shape index (κ3) is 6.50. The Labute approximate surface area is 207 Å². The van der Waals surface area contributed by atoms with Gasteiger partial charge in [-0.15, -0.1) is 0 Å². The first kappa shape index (κ1) is 26.9. The van der Waals surface area contributed by atoms with Gasteiger partial charge in [-0.05, 0) is 63.8 Å². The minimum atomic E-state index is -4.44. The van der Waals surface area contributed by atoms with E-state index in [4.69, 9.17) is 21.1 Å². The van der Waals surface area contributed by atoms with Crippen LogP contribution in [-0.4, -0.2) is 57.7 Å². The molecule has 2 atom stereocenters.